The maximum absolute atomic E-state index is 12.5. The monoisotopic (exact) mass is 170 g/mol. The second kappa shape index (κ2) is 3.47. The molecule has 3 nitrogen and oxygen atoms in total. The van der Waals surface area contributed by atoms with Crippen LogP contribution in [-0.4, -0.2) is 11.1 Å². The van der Waals surface area contributed by atoms with Crippen molar-refractivity contribution in [1.29, 1.82) is 0 Å². The number of anilines is 1. The van der Waals surface area contributed by atoms with Crippen LogP contribution in [0.1, 0.15) is 13.8 Å². The summed E-state index contributed by atoms with van der Waals surface area (Å²) in [6, 6.07) is 3.33. The fraction of sp³-hybridized carbons (Fsp3) is 0.500. The fourth-order valence-corrected chi connectivity index (χ4v) is 0.923. The molecule has 0 fully saturated rings. The summed E-state index contributed by atoms with van der Waals surface area (Å²) in [4.78, 5) is 0. The van der Waals surface area contributed by atoms with Crippen molar-refractivity contribution in [2.75, 3.05) is 5.32 Å². The minimum atomic E-state index is -0.466. The summed E-state index contributed by atoms with van der Waals surface area (Å²) in [6.07, 6.45) is 0. The lowest BCUT2D eigenvalue weighted by Gasteiger charge is -2.03. The van der Waals surface area contributed by atoms with E-state index in [0.717, 1.165) is 5.82 Å². The van der Waals surface area contributed by atoms with Crippen LogP contribution >= 0.6 is 0 Å². The highest BCUT2D eigenvalue weighted by Crippen LogP contribution is 1.99. The molecule has 1 heterocycles. The summed E-state index contributed by atoms with van der Waals surface area (Å²) in [5.41, 5.74) is 0. The molecule has 1 aromatic heterocycles. The summed E-state index contributed by atoms with van der Waals surface area (Å²) >= 11 is 0. The molecule has 66 valence electrons. The van der Waals surface area contributed by atoms with Crippen LogP contribution in [0.15, 0.2) is 12.1 Å². The SMILES string of the molecule is CC(C)Nc1ccc(F)n[n+]1C. The lowest BCUT2D eigenvalue weighted by Crippen LogP contribution is -2.38. The van der Waals surface area contributed by atoms with Gasteiger partial charge >= 0.3 is 0 Å². The summed E-state index contributed by atoms with van der Waals surface area (Å²) in [5.74, 6) is 0.346. The smallest absolute Gasteiger partial charge is 0.271 e. The molecular weight excluding hydrogens is 157 g/mol. The van der Waals surface area contributed by atoms with E-state index in [1.54, 1.807) is 13.1 Å². The number of hydrogen-bond donors (Lipinski definition) is 1. The summed E-state index contributed by atoms with van der Waals surface area (Å²) in [7, 11) is 1.70. The Hall–Kier alpha value is -1.19. The second-order valence-electron chi connectivity index (χ2n) is 2.96. The van der Waals surface area contributed by atoms with Crippen molar-refractivity contribution >= 4 is 5.82 Å². The third-order valence-electron chi connectivity index (χ3n) is 1.41. The van der Waals surface area contributed by atoms with Crippen LogP contribution in [0.5, 0.6) is 0 Å². The molecule has 1 rings (SSSR count). The minimum Gasteiger partial charge on any atom is -0.271 e. The van der Waals surface area contributed by atoms with Crippen LogP contribution in [0.2, 0.25) is 0 Å². The number of rotatable bonds is 2. The van der Waals surface area contributed by atoms with E-state index < -0.39 is 5.95 Å². The highest BCUT2D eigenvalue weighted by molar-refractivity contribution is 5.27. The molecule has 0 radical (unpaired) electrons. The molecular formula is C8H13FN3+. The third kappa shape index (κ3) is 2.15. The first-order valence-electron chi connectivity index (χ1n) is 3.89. The fourth-order valence-electron chi connectivity index (χ4n) is 0.923. The molecule has 12 heavy (non-hydrogen) atoms. The molecule has 0 spiro atoms. The minimum absolute atomic E-state index is 0.323. The quantitative estimate of drug-likeness (QED) is 0.667. The Bertz CT molecular complexity index is 273. The second-order valence-corrected chi connectivity index (χ2v) is 2.96. The molecule has 0 aliphatic heterocycles. The summed E-state index contributed by atoms with van der Waals surface area (Å²) < 4.78 is 14.0. The van der Waals surface area contributed by atoms with Gasteiger partial charge in [-0.1, -0.05) is 5.10 Å². The van der Waals surface area contributed by atoms with Crippen LogP contribution in [0, 0.1) is 5.95 Å². The first-order chi connectivity index (χ1) is 5.59. The van der Waals surface area contributed by atoms with Crippen molar-refractivity contribution < 1.29 is 9.07 Å². The van der Waals surface area contributed by atoms with Crippen LogP contribution in [0.25, 0.3) is 0 Å². The van der Waals surface area contributed by atoms with E-state index in [4.69, 9.17) is 0 Å². The molecule has 0 atom stereocenters. The standard InChI is InChI=1S/C8H12FN3/c1-6(2)10-8-5-4-7(9)11-12(8)3/h4-6H,1-3H3/p+1. The largest absolute Gasteiger partial charge is 0.295 e. The van der Waals surface area contributed by atoms with Gasteiger partial charge in [-0.2, -0.15) is 4.39 Å². The Balaban J connectivity index is 2.86. The Labute approximate surface area is 71.2 Å². The van der Waals surface area contributed by atoms with E-state index >= 15 is 0 Å². The van der Waals surface area contributed by atoms with Crippen LogP contribution < -0.4 is 10.00 Å². The molecule has 0 amide bonds. The number of aromatic nitrogens is 2. The Morgan fingerprint density at radius 1 is 1.50 bits per heavy atom. The first-order valence-corrected chi connectivity index (χ1v) is 3.89. The molecule has 1 N–H and O–H groups in total. The number of hydrogen-bond acceptors (Lipinski definition) is 2. The summed E-state index contributed by atoms with van der Waals surface area (Å²) in [5, 5.41) is 6.75. The summed E-state index contributed by atoms with van der Waals surface area (Å²) in [6.45, 7) is 4.03. The van der Waals surface area contributed by atoms with Crippen molar-refractivity contribution in [3.05, 3.63) is 18.1 Å². The van der Waals surface area contributed by atoms with Crippen LogP contribution in [0.4, 0.5) is 10.2 Å². The third-order valence-corrected chi connectivity index (χ3v) is 1.41. The lowest BCUT2D eigenvalue weighted by molar-refractivity contribution is -0.720. The molecule has 0 saturated heterocycles. The van der Waals surface area contributed by atoms with E-state index in [2.05, 4.69) is 10.4 Å². The van der Waals surface area contributed by atoms with Crippen LogP contribution in [0.3, 0.4) is 0 Å². The van der Waals surface area contributed by atoms with E-state index in [0.29, 0.717) is 6.04 Å². The van der Waals surface area contributed by atoms with Gasteiger partial charge in [0.1, 0.15) is 7.05 Å². The number of halogens is 1. The normalized spacial score (nSPS) is 10.4. The van der Waals surface area contributed by atoms with Crippen LogP contribution in [-0.2, 0) is 7.05 Å². The van der Waals surface area contributed by atoms with Gasteiger partial charge in [-0.25, -0.2) is 0 Å². The van der Waals surface area contributed by atoms with Gasteiger partial charge in [0.25, 0.3) is 11.8 Å². The zero-order valence-electron chi connectivity index (χ0n) is 7.50. The van der Waals surface area contributed by atoms with E-state index in [-0.39, 0.29) is 0 Å². The Morgan fingerprint density at radius 2 is 2.17 bits per heavy atom. The van der Waals surface area contributed by atoms with Gasteiger partial charge in [0.15, 0.2) is 0 Å². The van der Waals surface area contributed by atoms with Crippen molar-refractivity contribution in [3.8, 4) is 0 Å². The number of nitrogens with one attached hydrogen (secondary N) is 1. The van der Waals surface area contributed by atoms with Gasteiger partial charge in [-0.05, 0) is 13.8 Å². The zero-order chi connectivity index (χ0) is 9.14. The highest BCUT2D eigenvalue weighted by Gasteiger charge is 2.08. The molecule has 1 aromatic rings. The molecule has 0 aromatic carbocycles. The predicted octanol–water partition coefficient (Wildman–Crippen LogP) is 0.865. The lowest BCUT2D eigenvalue weighted by atomic mass is 10.4. The molecule has 4 heteroatoms. The average molecular weight is 170 g/mol. The molecule has 0 bridgehead atoms. The molecule has 0 aliphatic rings. The van der Waals surface area contributed by atoms with E-state index in [1.807, 2.05) is 13.8 Å². The van der Waals surface area contributed by atoms with E-state index in [1.165, 1.54) is 10.7 Å². The molecule has 0 unspecified atom stereocenters. The van der Waals surface area contributed by atoms with Gasteiger partial charge in [-0.15, -0.1) is 4.68 Å². The highest BCUT2D eigenvalue weighted by atomic mass is 19.1. The average Bonchev–Trinajstić information content (AvgIpc) is 1.94. The van der Waals surface area contributed by atoms with Gasteiger partial charge in [-0.3, -0.25) is 5.32 Å². The van der Waals surface area contributed by atoms with Crippen molar-refractivity contribution in [3.63, 3.8) is 0 Å². The van der Waals surface area contributed by atoms with Crippen molar-refractivity contribution in [1.82, 2.24) is 5.10 Å². The molecule has 0 saturated carbocycles. The topological polar surface area (TPSA) is 28.8 Å². The number of aryl methyl sites for hydroxylation is 1. The first kappa shape index (κ1) is 8.90. The van der Waals surface area contributed by atoms with E-state index in [9.17, 15) is 4.39 Å². The van der Waals surface area contributed by atoms with Crippen molar-refractivity contribution in [2.24, 2.45) is 7.05 Å². The maximum atomic E-state index is 12.5. The maximum Gasteiger partial charge on any atom is 0.295 e. The Kier molecular flexibility index (Phi) is 2.58. The zero-order valence-corrected chi connectivity index (χ0v) is 7.50. The van der Waals surface area contributed by atoms with Gasteiger partial charge in [0.05, 0.1) is 6.04 Å². The van der Waals surface area contributed by atoms with Gasteiger partial charge < -0.3 is 0 Å². The Morgan fingerprint density at radius 3 is 2.67 bits per heavy atom. The number of nitrogens with zero attached hydrogens (tertiary/aromatic N) is 2. The predicted molar refractivity (Wildman–Crippen MR) is 44.1 cm³/mol. The molecule has 0 aliphatic carbocycles. The van der Waals surface area contributed by atoms with Gasteiger partial charge in [0.2, 0.25) is 0 Å². The van der Waals surface area contributed by atoms with Crippen molar-refractivity contribution in [2.45, 2.75) is 19.9 Å². The van der Waals surface area contributed by atoms with Gasteiger partial charge in [0, 0.05) is 12.1 Å².